The second-order valence-electron chi connectivity index (χ2n) is 5.55. The van der Waals surface area contributed by atoms with Crippen LogP contribution in [-0.4, -0.2) is 13.1 Å². The Morgan fingerprint density at radius 1 is 1.37 bits per heavy atom. The molecule has 1 N–H and O–H groups in total. The van der Waals surface area contributed by atoms with Crippen molar-refractivity contribution in [2.75, 3.05) is 13.1 Å². The van der Waals surface area contributed by atoms with Gasteiger partial charge in [-0.1, -0.05) is 48.5 Å². The van der Waals surface area contributed by atoms with E-state index in [-0.39, 0.29) is 5.82 Å². The van der Waals surface area contributed by atoms with Crippen molar-refractivity contribution in [1.82, 2.24) is 5.32 Å². The van der Waals surface area contributed by atoms with E-state index in [1.54, 1.807) is 12.1 Å². The highest BCUT2D eigenvalue weighted by Crippen LogP contribution is 2.33. The van der Waals surface area contributed by atoms with Gasteiger partial charge in [-0.15, -0.1) is 0 Å². The number of benzene rings is 1. The van der Waals surface area contributed by atoms with Gasteiger partial charge in [0.25, 0.3) is 0 Å². The molecule has 1 saturated carbocycles. The standard InChI is InChI=1S/C16H23BrFN/c1-2-19-11-14(12-5-3-4-6-12)9-13-10-15(17)7-8-16(13)18/h7-8,10,12,14,19H,2-6,9,11H2,1H3. The van der Waals surface area contributed by atoms with Crippen LogP contribution < -0.4 is 5.32 Å². The zero-order valence-electron chi connectivity index (χ0n) is 11.6. The monoisotopic (exact) mass is 327 g/mol. The first-order chi connectivity index (χ1) is 9.20. The van der Waals surface area contributed by atoms with Crippen LogP contribution in [-0.2, 0) is 6.42 Å². The lowest BCUT2D eigenvalue weighted by molar-refractivity contribution is 0.320. The molecular weight excluding hydrogens is 305 g/mol. The summed E-state index contributed by atoms with van der Waals surface area (Å²) in [7, 11) is 0. The highest BCUT2D eigenvalue weighted by molar-refractivity contribution is 9.10. The van der Waals surface area contributed by atoms with E-state index in [9.17, 15) is 4.39 Å². The van der Waals surface area contributed by atoms with Gasteiger partial charge < -0.3 is 5.32 Å². The van der Waals surface area contributed by atoms with E-state index in [1.807, 2.05) is 6.07 Å². The Hall–Kier alpha value is -0.410. The van der Waals surface area contributed by atoms with Gasteiger partial charge in [-0.2, -0.15) is 0 Å². The molecular formula is C16H23BrFN. The lowest BCUT2D eigenvalue weighted by Gasteiger charge is -2.24. The van der Waals surface area contributed by atoms with Crippen molar-refractivity contribution in [3.8, 4) is 0 Å². The number of hydrogen-bond donors (Lipinski definition) is 1. The molecule has 0 saturated heterocycles. The van der Waals surface area contributed by atoms with Crippen LogP contribution in [0.15, 0.2) is 22.7 Å². The van der Waals surface area contributed by atoms with Crippen LogP contribution in [0.3, 0.4) is 0 Å². The van der Waals surface area contributed by atoms with Gasteiger partial charge in [0.15, 0.2) is 0 Å². The Kier molecular flexibility index (Phi) is 5.83. The minimum atomic E-state index is -0.0669. The zero-order valence-corrected chi connectivity index (χ0v) is 13.2. The van der Waals surface area contributed by atoms with Gasteiger partial charge >= 0.3 is 0 Å². The molecule has 0 radical (unpaired) electrons. The van der Waals surface area contributed by atoms with Crippen LogP contribution in [0.4, 0.5) is 4.39 Å². The molecule has 19 heavy (non-hydrogen) atoms. The minimum absolute atomic E-state index is 0.0669. The van der Waals surface area contributed by atoms with E-state index in [2.05, 4.69) is 28.2 Å². The predicted molar refractivity (Wildman–Crippen MR) is 81.8 cm³/mol. The molecule has 0 heterocycles. The second kappa shape index (κ2) is 7.39. The average molecular weight is 328 g/mol. The van der Waals surface area contributed by atoms with Crippen LogP contribution in [0, 0.1) is 17.7 Å². The molecule has 1 aromatic carbocycles. The van der Waals surface area contributed by atoms with Gasteiger partial charge in [0.1, 0.15) is 5.82 Å². The zero-order chi connectivity index (χ0) is 13.7. The van der Waals surface area contributed by atoms with E-state index in [0.29, 0.717) is 5.92 Å². The quantitative estimate of drug-likeness (QED) is 0.808. The molecule has 1 nitrogen and oxygen atoms in total. The van der Waals surface area contributed by atoms with Crippen molar-refractivity contribution >= 4 is 15.9 Å². The molecule has 0 bridgehead atoms. The smallest absolute Gasteiger partial charge is 0.126 e. The van der Waals surface area contributed by atoms with E-state index < -0.39 is 0 Å². The number of hydrogen-bond acceptors (Lipinski definition) is 1. The van der Waals surface area contributed by atoms with Crippen molar-refractivity contribution in [3.63, 3.8) is 0 Å². The Morgan fingerprint density at radius 2 is 2.11 bits per heavy atom. The fourth-order valence-corrected chi connectivity index (χ4v) is 3.55. The molecule has 1 aliphatic carbocycles. The number of nitrogens with one attached hydrogen (secondary N) is 1. The first kappa shape index (κ1) is 15.0. The summed E-state index contributed by atoms with van der Waals surface area (Å²) in [6, 6.07) is 5.27. The lowest BCUT2D eigenvalue weighted by atomic mass is 9.85. The summed E-state index contributed by atoms with van der Waals surface area (Å²) < 4.78 is 14.9. The molecule has 3 heteroatoms. The molecule has 0 aromatic heterocycles. The summed E-state index contributed by atoms with van der Waals surface area (Å²) >= 11 is 3.44. The maximum absolute atomic E-state index is 13.9. The highest BCUT2D eigenvalue weighted by Gasteiger charge is 2.25. The van der Waals surface area contributed by atoms with Crippen molar-refractivity contribution in [1.29, 1.82) is 0 Å². The molecule has 106 valence electrons. The maximum atomic E-state index is 13.9. The third-order valence-corrected chi connectivity index (χ3v) is 4.71. The van der Waals surface area contributed by atoms with E-state index in [1.165, 1.54) is 25.7 Å². The molecule has 1 fully saturated rings. The van der Waals surface area contributed by atoms with Crippen molar-refractivity contribution in [2.24, 2.45) is 11.8 Å². The molecule has 0 spiro atoms. The Morgan fingerprint density at radius 3 is 2.79 bits per heavy atom. The molecule has 0 aliphatic heterocycles. The van der Waals surface area contributed by atoms with E-state index in [0.717, 1.165) is 35.5 Å². The first-order valence-corrected chi connectivity index (χ1v) is 8.14. The summed E-state index contributed by atoms with van der Waals surface area (Å²) in [6.45, 7) is 4.13. The van der Waals surface area contributed by atoms with Gasteiger partial charge in [-0.05, 0) is 55.1 Å². The summed E-state index contributed by atoms with van der Waals surface area (Å²) in [4.78, 5) is 0. The summed E-state index contributed by atoms with van der Waals surface area (Å²) in [5.41, 5.74) is 0.851. The van der Waals surface area contributed by atoms with E-state index >= 15 is 0 Å². The second-order valence-corrected chi connectivity index (χ2v) is 6.47. The van der Waals surface area contributed by atoms with Gasteiger partial charge in [0.05, 0.1) is 0 Å². The van der Waals surface area contributed by atoms with Crippen molar-refractivity contribution in [2.45, 2.75) is 39.0 Å². The first-order valence-electron chi connectivity index (χ1n) is 7.35. The third-order valence-electron chi connectivity index (χ3n) is 4.21. The van der Waals surface area contributed by atoms with Gasteiger partial charge in [-0.3, -0.25) is 0 Å². The summed E-state index contributed by atoms with van der Waals surface area (Å²) in [5.74, 6) is 1.26. The van der Waals surface area contributed by atoms with Gasteiger partial charge in [0, 0.05) is 4.47 Å². The van der Waals surface area contributed by atoms with Crippen LogP contribution in [0.5, 0.6) is 0 Å². The normalized spacial score (nSPS) is 17.8. The summed E-state index contributed by atoms with van der Waals surface area (Å²) in [5, 5.41) is 3.45. The van der Waals surface area contributed by atoms with Gasteiger partial charge in [-0.25, -0.2) is 4.39 Å². The topological polar surface area (TPSA) is 12.0 Å². The number of halogens is 2. The molecule has 1 unspecified atom stereocenters. The van der Waals surface area contributed by atoms with Crippen molar-refractivity contribution in [3.05, 3.63) is 34.1 Å². The molecule has 1 aromatic rings. The van der Waals surface area contributed by atoms with Crippen LogP contribution in [0.2, 0.25) is 0 Å². The maximum Gasteiger partial charge on any atom is 0.126 e. The van der Waals surface area contributed by atoms with Gasteiger partial charge in [0.2, 0.25) is 0 Å². The molecule has 1 aliphatic rings. The fourth-order valence-electron chi connectivity index (χ4n) is 3.15. The highest BCUT2D eigenvalue weighted by atomic mass is 79.9. The molecule has 2 rings (SSSR count). The fraction of sp³-hybridized carbons (Fsp3) is 0.625. The Labute approximate surface area is 124 Å². The minimum Gasteiger partial charge on any atom is -0.317 e. The van der Waals surface area contributed by atoms with Crippen molar-refractivity contribution < 1.29 is 4.39 Å². The van der Waals surface area contributed by atoms with Crippen LogP contribution in [0.1, 0.15) is 38.2 Å². The van der Waals surface area contributed by atoms with Crippen LogP contribution >= 0.6 is 15.9 Å². The summed E-state index contributed by atoms with van der Waals surface area (Å²) in [6.07, 6.45) is 6.16. The van der Waals surface area contributed by atoms with Crippen LogP contribution in [0.25, 0.3) is 0 Å². The molecule has 0 amide bonds. The number of rotatable bonds is 6. The average Bonchev–Trinajstić information content (AvgIpc) is 2.92. The predicted octanol–water partition coefficient (Wildman–Crippen LogP) is 4.55. The third kappa shape index (κ3) is 4.28. The largest absolute Gasteiger partial charge is 0.317 e. The van der Waals surface area contributed by atoms with E-state index in [4.69, 9.17) is 0 Å². The SMILES string of the molecule is CCNCC(Cc1cc(Br)ccc1F)C1CCCC1. The molecule has 1 atom stereocenters. The Balaban J connectivity index is 2.07. The Bertz CT molecular complexity index is 402. The lowest BCUT2D eigenvalue weighted by Crippen LogP contribution is -2.29.